The van der Waals surface area contributed by atoms with Crippen molar-refractivity contribution in [2.75, 3.05) is 13.1 Å². The Morgan fingerprint density at radius 1 is 1.35 bits per heavy atom. The van der Waals surface area contributed by atoms with Crippen molar-refractivity contribution in [3.05, 3.63) is 36.4 Å². The van der Waals surface area contributed by atoms with Crippen LogP contribution < -0.4 is 0 Å². The molecule has 120 valence electrons. The molecule has 2 aromatic rings. The van der Waals surface area contributed by atoms with Gasteiger partial charge in [-0.1, -0.05) is 6.58 Å². The first-order chi connectivity index (χ1) is 11.0. The van der Waals surface area contributed by atoms with Crippen molar-refractivity contribution in [2.45, 2.75) is 23.4 Å². The number of rotatable bonds is 3. The molecular weight excluding hydrogens is 334 g/mol. The van der Waals surface area contributed by atoms with Crippen molar-refractivity contribution < 1.29 is 13.2 Å². The van der Waals surface area contributed by atoms with Crippen LogP contribution in [0, 0.1) is 0 Å². The number of aromatic nitrogens is 1. The van der Waals surface area contributed by atoms with Crippen LogP contribution in [0.3, 0.4) is 0 Å². The van der Waals surface area contributed by atoms with Crippen LogP contribution in [-0.4, -0.2) is 53.7 Å². The second-order valence-corrected chi connectivity index (χ2v) is 8.48. The summed E-state index contributed by atoms with van der Waals surface area (Å²) in [6, 6.07) is 4.89. The van der Waals surface area contributed by atoms with Crippen LogP contribution in [0.15, 0.2) is 41.3 Å². The van der Waals surface area contributed by atoms with Gasteiger partial charge in [-0.2, -0.15) is 4.31 Å². The third-order valence-corrected chi connectivity index (χ3v) is 7.13. The van der Waals surface area contributed by atoms with E-state index >= 15 is 0 Å². The summed E-state index contributed by atoms with van der Waals surface area (Å²) in [6.07, 6.45) is 1.98. The van der Waals surface area contributed by atoms with E-state index < -0.39 is 10.0 Å². The highest BCUT2D eigenvalue weighted by molar-refractivity contribution is 7.89. The SMILES string of the molecule is C=CC(=O)N1CCN(S(=O)(=O)c2ccc3ncsc3c2)C2CC21. The molecule has 6 nitrogen and oxygen atoms in total. The standard InChI is InChI=1S/C15H15N3O3S2/c1-2-15(19)17-5-6-18(13-8-12(13)17)23(20,21)10-3-4-11-14(7-10)22-9-16-11/h2-4,7,9,12-13H,1,5-6,8H2. The first-order valence-electron chi connectivity index (χ1n) is 7.30. The van der Waals surface area contributed by atoms with E-state index in [1.807, 2.05) is 0 Å². The Morgan fingerprint density at radius 3 is 2.96 bits per heavy atom. The number of carbonyl (C=O) groups is 1. The first kappa shape index (κ1) is 14.8. The maximum Gasteiger partial charge on any atom is 0.246 e. The minimum Gasteiger partial charge on any atom is -0.333 e. The summed E-state index contributed by atoms with van der Waals surface area (Å²) in [5.41, 5.74) is 2.51. The number of benzene rings is 1. The van der Waals surface area contributed by atoms with Crippen molar-refractivity contribution in [3.63, 3.8) is 0 Å². The predicted octanol–water partition coefficient (Wildman–Crippen LogP) is 1.46. The Morgan fingerprint density at radius 2 is 2.17 bits per heavy atom. The Hall–Kier alpha value is -1.77. The lowest BCUT2D eigenvalue weighted by molar-refractivity contribution is -0.127. The van der Waals surface area contributed by atoms with Gasteiger partial charge < -0.3 is 4.90 Å². The van der Waals surface area contributed by atoms with Crippen LogP contribution in [0.2, 0.25) is 0 Å². The molecule has 1 aliphatic carbocycles. The Bertz CT molecular complexity index is 906. The quantitative estimate of drug-likeness (QED) is 0.787. The van der Waals surface area contributed by atoms with E-state index in [-0.39, 0.29) is 18.0 Å². The van der Waals surface area contributed by atoms with E-state index in [9.17, 15) is 13.2 Å². The number of thiazole rings is 1. The fourth-order valence-electron chi connectivity index (χ4n) is 3.17. The van der Waals surface area contributed by atoms with E-state index in [2.05, 4.69) is 11.6 Å². The number of amides is 1. The molecule has 8 heteroatoms. The van der Waals surface area contributed by atoms with Crippen LogP contribution in [0.5, 0.6) is 0 Å². The molecule has 1 aliphatic heterocycles. The smallest absolute Gasteiger partial charge is 0.246 e. The van der Waals surface area contributed by atoms with Crippen molar-refractivity contribution in [2.24, 2.45) is 0 Å². The van der Waals surface area contributed by atoms with Gasteiger partial charge in [0, 0.05) is 19.1 Å². The van der Waals surface area contributed by atoms with Crippen LogP contribution in [0.25, 0.3) is 10.2 Å². The molecule has 0 radical (unpaired) electrons. The van der Waals surface area contributed by atoms with Gasteiger partial charge in [0.25, 0.3) is 0 Å². The van der Waals surface area contributed by atoms with Crippen LogP contribution in [0.4, 0.5) is 0 Å². The molecule has 2 fully saturated rings. The number of sulfonamides is 1. The fourth-order valence-corrected chi connectivity index (χ4v) is 5.65. The third-order valence-electron chi connectivity index (χ3n) is 4.42. The molecule has 2 heterocycles. The number of carbonyl (C=O) groups excluding carboxylic acids is 1. The van der Waals surface area contributed by atoms with Gasteiger partial charge in [-0.25, -0.2) is 13.4 Å². The first-order valence-corrected chi connectivity index (χ1v) is 9.62. The number of hydrogen-bond donors (Lipinski definition) is 0. The molecule has 0 bridgehead atoms. The number of nitrogens with zero attached hydrogens (tertiary/aromatic N) is 3. The normalized spacial score (nSPS) is 24.4. The zero-order chi connectivity index (χ0) is 16.2. The van der Waals surface area contributed by atoms with Crippen molar-refractivity contribution in [3.8, 4) is 0 Å². The highest BCUT2D eigenvalue weighted by atomic mass is 32.2. The number of fused-ring (bicyclic) bond motifs is 2. The zero-order valence-electron chi connectivity index (χ0n) is 12.3. The Kier molecular flexibility index (Phi) is 3.29. The highest BCUT2D eigenvalue weighted by Crippen LogP contribution is 2.40. The molecule has 1 saturated carbocycles. The van der Waals surface area contributed by atoms with Gasteiger partial charge in [0.15, 0.2) is 0 Å². The van der Waals surface area contributed by atoms with E-state index in [1.165, 1.54) is 21.7 Å². The maximum absolute atomic E-state index is 12.9. The van der Waals surface area contributed by atoms with E-state index in [1.54, 1.807) is 28.6 Å². The maximum atomic E-state index is 12.9. The minimum absolute atomic E-state index is 0.0174. The second-order valence-electron chi connectivity index (χ2n) is 5.70. The Labute approximate surface area is 138 Å². The lowest BCUT2D eigenvalue weighted by atomic mass is 10.3. The largest absolute Gasteiger partial charge is 0.333 e. The average molecular weight is 349 g/mol. The van der Waals surface area contributed by atoms with Gasteiger partial charge >= 0.3 is 0 Å². The van der Waals surface area contributed by atoms with Crippen LogP contribution >= 0.6 is 11.3 Å². The number of hydrogen-bond acceptors (Lipinski definition) is 5. The summed E-state index contributed by atoms with van der Waals surface area (Å²) >= 11 is 1.42. The van der Waals surface area contributed by atoms with Crippen molar-refractivity contribution >= 4 is 37.5 Å². The van der Waals surface area contributed by atoms with Gasteiger partial charge in [-0.3, -0.25) is 4.79 Å². The predicted molar refractivity (Wildman–Crippen MR) is 87.6 cm³/mol. The molecule has 2 unspecified atom stereocenters. The monoisotopic (exact) mass is 349 g/mol. The fraction of sp³-hybridized carbons (Fsp3) is 0.333. The molecule has 1 aromatic heterocycles. The summed E-state index contributed by atoms with van der Waals surface area (Å²) in [5.74, 6) is -0.124. The molecule has 1 amide bonds. The summed E-state index contributed by atoms with van der Waals surface area (Å²) in [5, 5.41) is 0. The van der Waals surface area contributed by atoms with Gasteiger partial charge in [0.05, 0.1) is 26.7 Å². The molecule has 1 saturated heterocycles. The highest BCUT2D eigenvalue weighted by Gasteiger charge is 2.54. The minimum atomic E-state index is -3.55. The van der Waals surface area contributed by atoms with Crippen molar-refractivity contribution in [1.29, 1.82) is 0 Å². The van der Waals surface area contributed by atoms with E-state index in [0.29, 0.717) is 24.4 Å². The molecule has 0 N–H and O–H groups in total. The van der Waals surface area contributed by atoms with Gasteiger partial charge in [-0.15, -0.1) is 11.3 Å². The lowest BCUT2D eigenvalue weighted by Crippen LogP contribution is -2.50. The molecule has 1 aromatic carbocycles. The molecule has 2 aliphatic rings. The molecule has 23 heavy (non-hydrogen) atoms. The van der Waals surface area contributed by atoms with Crippen LogP contribution in [-0.2, 0) is 14.8 Å². The summed E-state index contributed by atoms with van der Waals surface area (Å²) in [7, 11) is -3.55. The van der Waals surface area contributed by atoms with E-state index in [4.69, 9.17) is 0 Å². The van der Waals surface area contributed by atoms with Gasteiger partial charge in [0.1, 0.15) is 0 Å². The summed E-state index contributed by atoms with van der Waals surface area (Å²) < 4.78 is 28.2. The number of piperazine rings is 1. The molecule has 0 spiro atoms. The molecular formula is C15H15N3O3S2. The second kappa shape index (κ2) is 5.12. The van der Waals surface area contributed by atoms with Crippen LogP contribution in [0.1, 0.15) is 6.42 Å². The zero-order valence-corrected chi connectivity index (χ0v) is 13.9. The third kappa shape index (κ3) is 2.29. The molecule has 2 atom stereocenters. The summed E-state index contributed by atoms with van der Waals surface area (Å²) in [6.45, 7) is 4.23. The Balaban J connectivity index is 1.63. The topological polar surface area (TPSA) is 70.6 Å². The molecule has 4 rings (SSSR count). The van der Waals surface area contributed by atoms with Gasteiger partial charge in [0.2, 0.25) is 15.9 Å². The lowest BCUT2D eigenvalue weighted by Gasteiger charge is -2.32. The van der Waals surface area contributed by atoms with Crippen molar-refractivity contribution in [1.82, 2.24) is 14.2 Å². The summed E-state index contributed by atoms with van der Waals surface area (Å²) in [4.78, 5) is 18.0. The van der Waals surface area contributed by atoms with Gasteiger partial charge in [-0.05, 0) is 30.7 Å². The van der Waals surface area contributed by atoms with E-state index in [0.717, 1.165) is 10.2 Å². The average Bonchev–Trinajstić information content (AvgIpc) is 3.21.